The van der Waals surface area contributed by atoms with Crippen LogP contribution < -0.4 is 10.6 Å². The second-order valence-corrected chi connectivity index (χ2v) is 6.20. The summed E-state index contributed by atoms with van der Waals surface area (Å²) >= 11 is 5.44. The molecule has 0 fully saturated rings. The zero-order valence-electron chi connectivity index (χ0n) is 11.2. The Bertz CT molecular complexity index is 362. The number of hydrogen-bond donors (Lipinski definition) is 2. The second-order valence-electron chi connectivity index (χ2n) is 3.95. The number of anilines is 2. The van der Waals surface area contributed by atoms with Gasteiger partial charge >= 0.3 is 0 Å². The maximum absolute atomic E-state index is 4.44. The van der Waals surface area contributed by atoms with E-state index in [9.17, 15) is 0 Å². The van der Waals surface area contributed by atoms with Gasteiger partial charge in [0, 0.05) is 18.8 Å². The molecule has 1 aromatic heterocycles. The summed E-state index contributed by atoms with van der Waals surface area (Å²) in [6, 6.07) is 0.407. The number of thioether (sulfide) groups is 1. The van der Waals surface area contributed by atoms with E-state index in [-0.39, 0.29) is 0 Å². The van der Waals surface area contributed by atoms with Gasteiger partial charge < -0.3 is 10.6 Å². The molecule has 6 heteroatoms. The molecule has 0 aliphatic rings. The fourth-order valence-corrected chi connectivity index (χ4v) is 2.54. The first-order valence-corrected chi connectivity index (χ1v) is 8.22. The lowest BCUT2D eigenvalue weighted by atomic mass is 10.2. The van der Waals surface area contributed by atoms with E-state index < -0.39 is 0 Å². The molecular weight excluding hydrogens is 312 g/mol. The molecule has 0 aliphatic heterocycles. The average molecular weight is 333 g/mol. The molecular formula is C12H21BrN4S. The minimum absolute atomic E-state index is 0.407. The molecule has 0 aliphatic carbocycles. The van der Waals surface area contributed by atoms with Gasteiger partial charge in [-0.15, -0.1) is 0 Å². The van der Waals surface area contributed by atoms with E-state index in [1.165, 1.54) is 11.5 Å². The van der Waals surface area contributed by atoms with Crippen LogP contribution in [0.2, 0.25) is 0 Å². The number of hydrogen-bond acceptors (Lipinski definition) is 5. The van der Waals surface area contributed by atoms with Gasteiger partial charge in [0.15, 0.2) is 0 Å². The largest absolute Gasteiger partial charge is 0.366 e. The van der Waals surface area contributed by atoms with Crippen molar-refractivity contribution in [2.75, 3.05) is 28.7 Å². The molecule has 0 saturated heterocycles. The van der Waals surface area contributed by atoms with Crippen LogP contribution in [0.4, 0.5) is 11.8 Å². The highest BCUT2D eigenvalue weighted by Crippen LogP contribution is 2.21. The van der Waals surface area contributed by atoms with Crippen molar-refractivity contribution in [1.82, 2.24) is 9.97 Å². The number of rotatable bonds is 8. The van der Waals surface area contributed by atoms with Crippen LogP contribution in [-0.2, 0) is 0 Å². The second kappa shape index (κ2) is 8.58. The quantitative estimate of drug-likeness (QED) is 0.712. The van der Waals surface area contributed by atoms with Gasteiger partial charge in [-0.3, -0.25) is 0 Å². The van der Waals surface area contributed by atoms with Gasteiger partial charge in [0.2, 0.25) is 5.95 Å². The third kappa shape index (κ3) is 5.44. The predicted molar refractivity (Wildman–Crippen MR) is 84.6 cm³/mol. The van der Waals surface area contributed by atoms with E-state index in [0.29, 0.717) is 12.0 Å². The monoisotopic (exact) mass is 332 g/mol. The maximum atomic E-state index is 4.44. The molecule has 1 heterocycles. The Hall–Kier alpha value is -0.490. The molecule has 0 aromatic carbocycles. The molecule has 1 rings (SSSR count). The minimum Gasteiger partial charge on any atom is -0.366 e. The van der Waals surface area contributed by atoms with Crippen LogP contribution in [0.15, 0.2) is 10.7 Å². The molecule has 18 heavy (non-hydrogen) atoms. The fourth-order valence-electron chi connectivity index (χ4n) is 1.42. The van der Waals surface area contributed by atoms with Crippen molar-refractivity contribution >= 4 is 39.5 Å². The molecule has 102 valence electrons. The Labute approximate surface area is 122 Å². The lowest BCUT2D eigenvalue weighted by Gasteiger charge is -2.15. The standard InChI is InChI=1S/C12H21BrN4S/c1-4-14-12-15-8-10(13)11(17-12)16-9(3)6-7-18-5-2/h8-9H,4-7H2,1-3H3,(H2,14,15,16,17). The van der Waals surface area contributed by atoms with Crippen molar-refractivity contribution in [2.24, 2.45) is 0 Å². The van der Waals surface area contributed by atoms with E-state index in [1.54, 1.807) is 6.20 Å². The summed E-state index contributed by atoms with van der Waals surface area (Å²) in [6.07, 6.45) is 2.91. The molecule has 1 aromatic rings. The van der Waals surface area contributed by atoms with Crippen LogP contribution in [0.3, 0.4) is 0 Å². The fraction of sp³-hybridized carbons (Fsp3) is 0.667. The number of halogens is 1. The highest BCUT2D eigenvalue weighted by atomic mass is 79.9. The summed E-state index contributed by atoms with van der Waals surface area (Å²) in [5.74, 6) is 3.87. The molecule has 0 amide bonds. The Morgan fingerprint density at radius 2 is 2.22 bits per heavy atom. The Balaban J connectivity index is 2.56. The zero-order chi connectivity index (χ0) is 13.4. The molecule has 2 N–H and O–H groups in total. The Morgan fingerprint density at radius 3 is 2.89 bits per heavy atom. The SMILES string of the molecule is CCNc1ncc(Br)c(NC(C)CCSCC)n1. The first-order valence-electron chi connectivity index (χ1n) is 6.28. The molecule has 0 bridgehead atoms. The average Bonchev–Trinajstić information content (AvgIpc) is 2.34. The minimum atomic E-state index is 0.407. The van der Waals surface area contributed by atoms with Gasteiger partial charge in [-0.25, -0.2) is 4.98 Å². The van der Waals surface area contributed by atoms with Crippen molar-refractivity contribution in [1.29, 1.82) is 0 Å². The topological polar surface area (TPSA) is 49.8 Å². The predicted octanol–water partition coefficient (Wildman–Crippen LogP) is 3.61. The van der Waals surface area contributed by atoms with Crippen molar-refractivity contribution in [2.45, 2.75) is 33.2 Å². The molecule has 0 saturated carbocycles. The van der Waals surface area contributed by atoms with Crippen LogP contribution in [0.25, 0.3) is 0 Å². The Kier molecular flexibility index (Phi) is 7.42. The van der Waals surface area contributed by atoms with Gasteiger partial charge in [-0.05, 0) is 47.7 Å². The molecule has 0 radical (unpaired) electrons. The van der Waals surface area contributed by atoms with E-state index >= 15 is 0 Å². The van der Waals surface area contributed by atoms with Crippen molar-refractivity contribution in [3.05, 3.63) is 10.7 Å². The van der Waals surface area contributed by atoms with Crippen molar-refractivity contribution in [3.8, 4) is 0 Å². The lowest BCUT2D eigenvalue weighted by Crippen LogP contribution is -2.18. The molecule has 4 nitrogen and oxygen atoms in total. The smallest absolute Gasteiger partial charge is 0.224 e. The van der Waals surface area contributed by atoms with Gasteiger partial charge in [-0.1, -0.05) is 6.92 Å². The summed E-state index contributed by atoms with van der Waals surface area (Å²) in [7, 11) is 0. The summed E-state index contributed by atoms with van der Waals surface area (Å²) in [4.78, 5) is 8.64. The van der Waals surface area contributed by atoms with Crippen LogP contribution in [0.1, 0.15) is 27.2 Å². The Morgan fingerprint density at radius 1 is 1.44 bits per heavy atom. The van der Waals surface area contributed by atoms with Crippen LogP contribution >= 0.6 is 27.7 Å². The van der Waals surface area contributed by atoms with Crippen molar-refractivity contribution in [3.63, 3.8) is 0 Å². The number of nitrogens with zero attached hydrogens (tertiary/aromatic N) is 2. The van der Waals surface area contributed by atoms with Crippen LogP contribution in [0.5, 0.6) is 0 Å². The normalized spacial score (nSPS) is 12.2. The summed E-state index contributed by atoms with van der Waals surface area (Å²) in [6.45, 7) is 7.22. The van der Waals surface area contributed by atoms with Crippen molar-refractivity contribution < 1.29 is 0 Å². The summed E-state index contributed by atoms with van der Waals surface area (Å²) in [5.41, 5.74) is 0. The molecule has 0 spiro atoms. The number of nitrogens with one attached hydrogen (secondary N) is 2. The first-order chi connectivity index (χ1) is 8.67. The lowest BCUT2D eigenvalue weighted by molar-refractivity contribution is 0.765. The van der Waals surface area contributed by atoms with E-state index in [4.69, 9.17) is 0 Å². The third-order valence-corrected chi connectivity index (χ3v) is 3.87. The highest BCUT2D eigenvalue weighted by Gasteiger charge is 2.08. The van der Waals surface area contributed by atoms with Gasteiger partial charge in [0.25, 0.3) is 0 Å². The van der Waals surface area contributed by atoms with Gasteiger partial charge in [-0.2, -0.15) is 16.7 Å². The summed E-state index contributed by atoms with van der Waals surface area (Å²) < 4.78 is 0.902. The zero-order valence-corrected chi connectivity index (χ0v) is 13.6. The number of aromatic nitrogens is 2. The van der Waals surface area contributed by atoms with E-state index in [2.05, 4.69) is 50.4 Å². The van der Waals surface area contributed by atoms with E-state index in [1.807, 2.05) is 18.7 Å². The maximum Gasteiger partial charge on any atom is 0.224 e. The van der Waals surface area contributed by atoms with Crippen LogP contribution in [0, 0.1) is 0 Å². The molecule has 1 atom stereocenters. The van der Waals surface area contributed by atoms with Crippen LogP contribution in [-0.4, -0.2) is 34.1 Å². The van der Waals surface area contributed by atoms with E-state index in [0.717, 1.165) is 23.3 Å². The van der Waals surface area contributed by atoms with Gasteiger partial charge in [0.05, 0.1) is 4.47 Å². The van der Waals surface area contributed by atoms with Gasteiger partial charge in [0.1, 0.15) is 5.82 Å². The summed E-state index contributed by atoms with van der Waals surface area (Å²) in [5, 5.41) is 6.53. The third-order valence-electron chi connectivity index (χ3n) is 2.36. The highest BCUT2D eigenvalue weighted by molar-refractivity contribution is 9.10. The first kappa shape index (κ1) is 15.6. The molecule has 1 unspecified atom stereocenters.